The molecule has 1 atom stereocenters. The maximum absolute atomic E-state index is 12.0. The van der Waals surface area contributed by atoms with E-state index in [9.17, 15) is 9.59 Å². The van der Waals surface area contributed by atoms with Gasteiger partial charge < -0.3 is 9.88 Å². The molecule has 1 saturated heterocycles. The fraction of sp³-hybridized carbons (Fsp3) is 0.455. The van der Waals surface area contributed by atoms with Gasteiger partial charge in [-0.3, -0.25) is 9.59 Å². The number of H-pyrrole nitrogens is 1. The number of rotatable bonds is 1. The van der Waals surface area contributed by atoms with E-state index in [1.165, 1.54) is 12.3 Å². The molecule has 4 nitrogen and oxygen atoms in total. The molecule has 0 radical (unpaired) electrons. The van der Waals surface area contributed by atoms with Crippen LogP contribution in [0.15, 0.2) is 17.1 Å². The van der Waals surface area contributed by atoms with Crippen LogP contribution in [0.25, 0.3) is 0 Å². The smallest absolute Gasteiger partial charge is 0.259 e. The molecule has 2 rings (SSSR count). The van der Waals surface area contributed by atoms with Gasteiger partial charge in [0.1, 0.15) is 5.56 Å². The van der Waals surface area contributed by atoms with E-state index in [0.717, 1.165) is 12.1 Å². The number of aromatic nitrogens is 1. The Hall–Kier alpha value is -1.29. The van der Waals surface area contributed by atoms with Crippen LogP contribution in [0, 0.1) is 6.92 Å². The number of hydrogen-bond acceptors (Lipinski definition) is 2. The van der Waals surface area contributed by atoms with E-state index in [1.807, 2.05) is 0 Å². The van der Waals surface area contributed by atoms with Gasteiger partial charge in [0, 0.05) is 31.0 Å². The Morgan fingerprint density at radius 2 is 2.38 bits per heavy atom. The molecule has 1 aliphatic rings. The number of pyridine rings is 1. The van der Waals surface area contributed by atoms with E-state index in [4.69, 9.17) is 11.6 Å². The largest absolute Gasteiger partial charge is 0.364 e. The Bertz CT molecular complexity index is 469. The van der Waals surface area contributed by atoms with E-state index in [0.29, 0.717) is 13.1 Å². The monoisotopic (exact) mass is 240 g/mol. The average molecular weight is 241 g/mol. The zero-order valence-corrected chi connectivity index (χ0v) is 9.75. The minimum Gasteiger partial charge on any atom is -0.364 e. The molecule has 1 unspecified atom stereocenters. The lowest BCUT2D eigenvalue weighted by Gasteiger charge is -2.14. The first-order valence-electron chi connectivity index (χ1n) is 5.20. The van der Waals surface area contributed by atoms with Gasteiger partial charge in [-0.25, -0.2) is 0 Å². The number of amides is 1. The fourth-order valence-corrected chi connectivity index (χ4v) is 2.08. The molecular weight excluding hydrogens is 228 g/mol. The number of nitrogens with one attached hydrogen (secondary N) is 1. The first-order chi connectivity index (χ1) is 7.58. The van der Waals surface area contributed by atoms with E-state index in [1.54, 1.807) is 11.8 Å². The third kappa shape index (κ3) is 2.11. The van der Waals surface area contributed by atoms with Gasteiger partial charge in [0.15, 0.2) is 5.43 Å². The number of aryl methyl sites for hydroxylation is 1. The van der Waals surface area contributed by atoms with Crippen LogP contribution in [0.5, 0.6) is 0 Å². The number of carbonyl (C=O) groups is 1. The van der Waals surface area contributed by atoms with Gasteiger partial charge in [-0.05, 0) is 13.3 Å². The molecule has 0 spiro atoms. The standard InChI is InChI=1S/C11H13ClN2O2/c1-7-4-10(15)9(5-13-7)11(16)14-3-2-8(12)6-14/h4-5,8H,2-3,6H2,1H3,(H,13,15). The topological polar surface area (TPSA) is 53.2 Å². The van der Waals surface area contributed by atoms with Crippen molar-refractivity contribution >= 4 is 17.5 Å². The predicted molar refractivity (Wildman–Crippen MR) is 62.0 cm³/mol. The second kappa shape index (κ2) is 4.29. The highest BCUT2D eigenvalue weighted by Crippen LogP contribution is 2.16. The third-order valence-corrected chi connectivity index (χ3v) is 3.06. The Kier molecular flexibility index (Phi) is 3.01. The highest BCUT2D eigenvalue weighted by atomic mass is 35.5. The zero-order valence-electron chi connectivity index (χ0n) is 9.00. The average Bonchev–Trinajstić information content (AvgIpc) is 2.64. The summed E-state index contributed by atoms with van der Waals surface area (Å²) in [6, 6.07) is 1.43. The normalized spacial score (nSPS) is 20.1. The van der Waals surface area contributed by atoms with Crippen LogP contribution in [0.1, 0.15) is 22.5 Å². The van der Waals surface area contributed by atoms with Crippen molar-refractivity contribution in [2.75, 3.05) is 13.1 Å². The van der Waals surface area contributed by atoms with Crippen molar-refractivity contribution in [3.8, 4) is 0 Å². The summed E-state index contributed by atoms with van der Waals surface area (Å²) in [7, 11) is 0. The summed E-state index contributed by atoms with van der Waals surface area (Å²) < 4.78 is 0. The molecule has 86 valence electrons. The molecule has 1 fully saturated rings. The van der Waals surface area contributed by atoms with Crippen LogP contribution >= 0.6 is 11.6 Å². The Balaban J connectivity index is 2.24. The van der Waals surface area contributed by atoms with Gasteiger partial charge in [-0.2, -0.15) is 0 Å². The molecule has 2 heterocycles. The number of hydrogen-bond donors (Lipinski definition) is 1. The van der Waals surface area contributed by atoms with Crippen LogP contribution in [0.3, 0.4) is 0 Å². The first kappa shape index (κ1) is 11.2. The van der Waals surface area contributed by atoms with Crippen LogP contribution in [-0.2, 0) is 0 Å². The molecule has 1 amide bonds. The number of carbonyl (C=O) groups excluding carboxylic acids is 1. The fourth-order valence-electron chi connectivity index (χ4n) is 1.81. The summed E-state index contributed by atoms with van der Waals surface area (Å²) >= 11 is 5.92. The Morgan fingerprint density at radius 3 is 2.94 bits per heavy atom. The third-order valence-electron chi connectivity index (χ3n) is 2.71. The van der Waals surface area contributed by atoms with Crippen LogP contribution in [0.4, 0.5) is 0 Å². The molecule has 16 heavy (non-hydrogen) atoms. The van der Waals surface area contributed by atoms with Gasteiger partial charge >= 0.3 is 0 Å². The zero-order chi connectivity index (χ0) is 11.7. The molecule has 1 aliphatic heterocycles. The van der Waals surface area contributed by atoms with Gasteiger partial charge in [0.25, 0.3) is 5.91 Å². The predicted octanol–water partition coefficient (Wildman–Crippen LogP) is 1.14. The second-order valence-corrected chi connectivity index (χ2v) is 4.65. The minimum absolute atomic E-state index is 0.00785. The van der Waals surface area contributed by atoms with Crippen molar-refractivity contribution in [2.24, 2.45) is 0 Å². The van der Waals surface area contributed by atoms with E-state index in [-0.39, 0.29) is 22.3 Å². The Morgan fingerprint density at radius 1 is 1.62 bits per heavy atom. The SMILES string of the molecule is Cc1cc(=O)c(C(=O)N2CCC(Cl)C2)c[nH]1. The quantitative estimate of drug-likeness (QED) is 0.749. The van der Waals surface area contributed by atoms with Crippen LogP contribution in [-0.4, -0.2) is 34.3 Å². The molecule has 1 N–H and O–H groups in total. The van der Waals surface area contributed by atoms with Gasteiger partial charge in [-0.1, -0.05) is 0 Å². The highest BCUT2D eigenvalue weighted by Gasteiger charge is 2.26. The van der Waals surface area contributed by atoms with Crippen molar-refractivity contribution in [1.82, 2.24) is 9.88 Å². The summed E-state index contributed by atoms with van der Waals surface area (Å²) in [5.41, 5.74) is 0.703. The number of likely N-dealkylation sites (tertiary alicyclic amines) is 1. The van der Waals surface area contributed by atoms with Crippen molar-refractivity contribution in [1.29, 1.82) is 0 Å². The molecular formula is C11H13ClN2O2. The van der Waals surface area contributed by atoms with Crippen LogP contribution < -0.4 is 5.43 Å². The van der Waals surface area contributed by atoms with Crippen LogP contribution in [0.2, 0.25) is 0 Å². The highest BCUT2D eigenvalue weighted by molar-refractivity contribution is 6.21. The van der Waals surface area contributed by atoms with Crippen molar-refractivity contribution in [2.45, 2.75) is 18.7 Å². The first-order valence-corrected chi connectivity index (χ1v) is 5.64. The molecule has 0 bridgehead atoms. The van der Waals surface area contributed by atoms with Gasteiger partial charge in [-0.15, -0.1) is 11.6 Å². The molecule has 0 aromatic carbocycles. The second-order valence-electron chi connectivity index (χ2n) is 4.03. The van der Waals surface area contributed by atoms with Gasteiger partial charge in [0.2, 0.25) is 0 Å². The number of alkyl halides is 1. The summed E-state index contributed by atoms with van der Waals surface area (Å²) in [5, 5.41) is 0.00785. The van der Waals surface area contributed by atoms with E-state index in [2.05, 4.69) is 4.98 Å². The molecule has 1 aromatic heterocycles. The van der Waals surface area contributed by atoms with E-state index >= 15 is 0 Å². The van der Waals surface area contributed by atoms with Gasteiger partial charge in [0.05, 0.1) is 5.38 Å². The number of halogens is 1. The number of nitrogens with zero attached hydrogens (tertiary/aromatic N) is 1. The molecule has 1 aromatic rings. The van der Waals surface area contributed by atoms with E-state index < -0.39 is 0 Å². The number of aromatic amines is 1. The maximum Gasteiger partial charge on any atom is 0.259 e. The lowest BCUT2D eigenvalue weighted by Crippen LogP contribution is -2.32. The molecule has 0 aliphatic carbocycles. The summed E-state index contributed by atoms with van der Waals surface area (Å²) in [5.74, 6) is -0.232. The molecule has 0 saturated carbocycles. The minimum atomic E-state index is -0.237. The van der Waals surface area contributed by atoms with Crippen molar-refractivity contribution in [3.63, 3.8) is 0 Å². The summed E-state index contributed by atoms with van der Waals surface area (Å²) in [4.78, 5) is 28.1. The van der Waals surface area contributed by atoms with Crippen molar-refractivity contribution < 1.29 is 4.79 Å². The summed E-state index contributed by atoms with van der Waals surface area (Å²) in [6.45, 7) is 2.92. The summed E-state index contributed by atoms with van der Waals surface area (Å²) in [6.07, 6.45) is 2.26. The lowest BCUT2D eigenvalue weighted by molar-refractivity contribution is 0.0791. The lowest BCUT2D eigenvalue weighted by atomic mass is 10.2. The maximum atomic E-state index is 12.0. The molecule has 5 heteroatoms. The Labute approximate surface area is 98.2 Å². The van der Waals surface area contributed by atoms with Crippen molar-refractivity contribution in [3.05, 3.63) is 33.7 Å².